The van der Waals surface area contributed by atoms with Gasteiger partial charge in [-0.25, -0.2) is 10.9 Å². The van der Waals surface area contributed by atoms with Crippen LogP contribution in [0.2, 0.25) is 0 Å². The summed E-state index contributed by atoms with van der Waals surface area (Å²) in [6.07, 6.45) is -1.64. The van der Waals surface area contributed by atoms with Gasteiger partial charge < -0.3 is 28.4 Å². The summed E-state index contributed by atoms with van der Waals surface area (Å²) >= 11 is 0. The molecule has 4 aromatic rings. The maximum absolute atomic E-state index is 12.4. The Morgan fingerprint density at radius 2 is 0.854 bits per heavy atom. The Morgan fingerprint density at radius 1 is 0.542 bits per heavy atom. The fourth-order valence-electron chi connectivity index (χ4n) is 4.49. The van der Waals surface area contributed by atoms with Crippen LogP contribution in [-0.4, -0.2) is 63.3 Å². The van der Waals surface area contributed by atoms with Crippen molar-refractivity contribution in [3.8, 4) is 23.0 Å². The standard InChI is InChI=1S/C36H36N4O8/c1-23(37-39-33(41)27-9-13-29(43-3)14-10-27)25-5-17-31(18-6-25)47-35-36(46-22-21-45-35)48-32-19-7-26(8-20-32)24(2)38-40-34(42)28-11-15-30(44-4)16-12-28/h5-20,35-36H,21-22H2,1-4H3,(H,39,41)(H,40,42)/b37-23-,38-24-/t35-,36-/m0/s1. The van der Waals surface area contributed by atoms with Crippen LogP contribution < -0.4 is 29.8 Å². The second-order valence-electron chi connectivity index (χ2n) is 10.5. The molecule has 4 aromatic carbocycles. The van der Waals surface area contributed by atoms with Gasteiger partial charge in [0.2, 0.25) is 0 Å². The molecule has 0 aromatic heterocycles. The maximum atomic E-state index is 12.4. The van der Waals surface area contributed by atoms with Gasteiger partial charge in [0.1, 0.15) is 23.0 Å². The second kappa shape index (κ2) is 16.2. The molecule has 5 rings (SSSR count). The van der Waals surface area contributed by atoms with E-state index in [1.54, 1.807) is 101 Å². The number of carbonyl (C=O) groups excluding carboxylic acids is 2. The Morgan fingerprint density at radius 3 is 1.19 bits per heavy atom. The van der Waals surface area contributed by atoms with E-state index in [1.165, 1.54) is 0 Å². The quantitative estimate of drug-likeness (QED) is 0.158. The van der Waals surface area contributed by atoms with Crippen LogP contribution in [0.5, 0.6) is 23.0 Å². The normalized spacial score (nSPS) is 16.4. The number of nitrogens with zero attached hydrogens (tertiary/aromatic N) is 2. The number of carbonyl (C=O) groups is 2. The fourth-order valence-corrected chi connectivity index (χ4v) is 4.49. The first-order chi connectivity index (χ1) is 23.3. The predicted octanol–water partition coefficient (Wildman–Crippen LogP) is 5.17. The largest absolute Gasteiger partial charge is 0.497 e. The molecule has 1 fully saturated rings. The van der Waals surface area contributed by atoms with E-state index in [4.69, 9.17) is 28.4 Å². The van der Waals surface area contributed by atoms with Gasteiger partial charge in [-0.2, -0.15) is 10.2 Å². The Bertz CT molecular complexity index is 1610. The molecule has 12 heteroatoms. The summed E-state index contributed by atoms with van der Waals surface area (Å²) in [5, 5.41) is 8.44. The van der Waals surface area contributed by atoms with Gasteiger partial charge >= 0.3 is 0 Å². The molecule has 0 saturated carbocycles. The molecule has 1 saturated heterocycles. The molecular formula is C36H36N4O8. The number of nitrogens with one attached hydrogen (secondary N) is 2. The van der Waals surface area contributed by atoms with Gasteiger partial charge in [0.25, 0.3) is 24.4 Å². The van der Waals surface area contributed by atoms with Crippen LogP contribution in [0, 0.1) is 0 Å². The van der Waals surface area contributed by atoms with E-state index < -0.39 is 12.6 Å². The number of amides is 2. The van der Waals surface area contributed by atoms with Crippen molar-refractivity contribution in [2.45, 2.75) is 26.4 Å². The highest BCUT2D eigenvalue weighted by molar-refractivity contribution is 6.01. The zero-order valence-electron chi connectivity index (χ0n) is 27.0. The van der Waals surface area contributed by atoms with Crippen molar-refractivity contribution < 1.29 is 38.0 Å². The molecule has 0 unspecified atom stereocenters. The third-order valence-electron chi connectivity index (χ3n) is 7.27. The van der Waals surface area contributed by atoms with E-state index in [9.17, 15) is 9.59 Å². The van der Waals surface area contributed by atoms with Crippen molar-refractivity contribution in [3.05, 3.63) is 119 Å². The van der Waals surface area contributed by atoms with Gasteiger partial charge in [0.15, 0.2) is 0 Å². The Labute approximate surface area is 278 Å². The van der Waals surface area contributed by atoms with Gasteiger partial charge in [-0.1, -0.05) is 0 Å². The monoisotopic (exact) mass is 652 g/mol. The number of ether oxygens (including phenoxy) is 6. The van der Waals surface area contributed by atoms with Crippen LogP contribution in [0.3, 0.4) is 0 Å². The van der Waals surface area contributed by atoms with Crippen molar-refractivity contribution in [3.63, 3.8) is 0 Å². The summed E-state index contributed by atoms with van der Waals surface area (Å²) in [4.78, 5) is 24.9. The molecule has 1 aliphatic heterocycles. The minimum atomic E-state index is -0.820. The van der Waals surface area contributed by atoms with Gasteiger partial charge in [-0.15, -0.1) is 0 Å². The minimum Gasteiger partial charge on any atom is -0.497 e. The zero-order valence-corrected chi connectivity index (χ0v) is 27.0. The number of benzene rings is 4. The minimum absolute atomic E-state index is 0.329. The summed E-state index contributed by atoms with van der Waals surface area (Å²) in [5.41, 5.74) is 8.90. The summed E-state index contributed by atoms with van der Waals surface area (Å²) in [6, 6.07) is 27.9. The van der Waals surface area contributed by atoms with Crippen LogP contribution in [-0.2, 0) is 9.47 Å². The van der Waals surface area contributed by atoms with E-state index in [1.807, 2.05) is 24.3 Å². The molecule has 48 heavy (non-hydrogen) atoms. The van der Waals surface area contributed by atoms with Gasteiger partial charge in [-0.3, -0.25) is 9.59 Å². The van der Waals surface area contributed by atoms with E-state index in [-0.39, 0.29) is 11.8 Å². The Hall–Kier alpha value is -5.72. The maximum Gasteiger partial charge on any atom is 0.271 e. The summed E-state index contributed by atoms with van der Waals surface area (Å²) in [5.74, 6) is 1.75. The lowest BCUT2D eigenvalue weighted by Crippen LogP contribution is -2.45. The molecule has 2 N–H and O–H groups in total. The third kappa shape index (κ3) is 8.96. The zero-order chi connectivity index (χ0) is 33.9. The fraction of sp³-hybridized carbons (Fsp3) is 0.222. The average molecular weight is 653 g/mol. The lowest BCUT2D eigenvalue weighted by Gasteiger charge is -2.31. The lowest BCUT2D eigenvalue weighted by atomic mass is 10.1. The molecule has 0 spiro atoms. The average Bonchev–Trinajstić information content (AvgIpc) is 3.14. The highest BCUT2D eigenvalue weighted by atomic mass is 16.8. The lowest BCUT2D eigenvalue weighted by molar-refractivity contribution is -0.271. The molecular weight excluding hydrogens is 616 g/mol. The van der Waals surface area contributed by atoms with Crippen LogP contribution in [0.15, 0.2) is 107 Å². The first-order valence-electron chi connectivity index (χ1n) is 15.1. The highest BCUT2D eigenvalue weighted by Crippen LogP contribution is 2.23. The molecule has 0 bridgehead atoms. The predicted molar refractivity (Wildman–Crippen MR) is 179 cm³/mol. The van der Waals surface area contributed by atoms with Gasteiger partial charge in [0.05, 0.1) is 38.9 Å². The summed E-state index contributed by atoms with van der Waals surface area (Å²) < 4.78 is 34.0. The molecule has 2 amide bonds. The third-order valence-corrected chi connectivity index (χ3v) is 7.27. The van der Waals surface area contributed by atoms with E-state index >= 15 is 0 Å². The van der Waals surface area contributed by atoms with Crippen molar-refractivity contribution in [1.82, 2.24) is 10.9 Å². The summed E-state index contributed by atoms with van der Waals surface area (Å²) in [7, 11) is 3.13. The molecule has 2 atom stereocenters. The second-order valence-corrected chi connectivity index (χ2v) is 10.5. The smallest absolute Gasteiger partial charge is 0.271 e. The SMILES string of the molecule is COc1ccc(C(=O)N/N=C(/C)c2ccc(O[C@@H]3OCCO[C@H]3Oc3ccc(/C(C)=N\NC(=O)c4ccc(OC)cc4)cc3)cc2)cc1. The van der Waals surface area contributed by atoms with E-state index in [0.29, 0.717) is 58.8 Å². The van der Waals surface area contributed by atoms with Crippen molar-refractivity contribution in [2.24, 2.45) is 10.2 Å². The topological polar surface area (TPSA) is 138 Å². The highest BCUT2D eigenvalue weighted by Gasteiger charge is 2.31. The summed E-state index contributed by atoms with van der Waals surface area (Å²) in [6.45, 7) is 4.28. The number of hydrogen-bond acceptors (Lipinski definition) is 10. The van der Waals surface area contributed by atoms with Crippen molar-refractivity contribution in [2.75, 3.05) is 27.4 Å². The van der Waals surface area contributed by atoms with Crippen LogP contribution in [0.25, 0.3) is 0 Å². The van der Waals surface area contributed by atoms with Crippen molar-refractivity contribution >= 4 is 23.2 Å². The van der Waals surface area contributed by atoms with Gasteiger partial charge in [0, 0.05) is 11.1 Å². The number of methoxy groups -OCH3 is 2. The van der Waals surface area contributed by atoms with E-state index in [2.05, 4.69) is 21.1 Å². The molecule has 12 nitrogen and oxygen atoms in total. The van der Waals surface area contributed by atoms with Crippen molar-refractivity contribution in [1.29, 1.82) is 0 Å². The first-order valence-corrected chi connectivity index (χ1v) is 15.1. The van der Waals surface area contributed by atoms with Crippen LogP contribution in [0.4, 0.5) is 0 Å². The number of rotatable bonds is 12. The van der Waals surface area contributed by atoms with Crippen LogP contribution >= 0.6 is 0 Å². The van der Waals surface area contributed by atoms with E-state index in [0.717, 1.165) is 11.1 Å². The molecule has 0 aliphatic carbocycles. The molecule has 0 radical (unpaired) electrons. The Balaban J connectivity index is 1.14. The van der Waals surface area contributed by atoms with Crippen LogP contribution in [0.1, 0.15) is 45.7 Å². The molecule has 1 aliphatic rings. The molecule has 248 valence electrons. The first kappa shape index (κ1) is 33.6. The molecule has 1 heterocycles. The number of hydrogen-bond donors (Lipinski definition) is 2. The Kier molecular flexibility index (Phi) is 11.4. The number of hydrazone groups is 2. The van der Waals surface area contributed by atoms with Gasteiger partial charge in [-0.05, 0) is 122 Å².